The van der Waals surface area contributed by atoms with Crippen LogP contribution in [0.3, 0.4) is 0 Å². The second kappa shape index (κ2) is 20.3. The quantitative estimate of drug-likeness (QED) is 0.145. The largest absolute Gasteiger partial charge is 0.374 e. The molecule has 184 valence electrons. The maximum Gasteiger partial charge on any atom is 0.0744 e. The highest BCUT2D eigenvalue weighted by molar-refractivity contribution is 4.97. The molecule has 0 bridgehead atoms. The minimum atomic E-state index is 0.0800. The molecule has 1 aliphatic carbocycles. The van der Waals surface area contributed by atoms with E-state index < -0.39 is 0 Å². The van der Waals surface area contributed by atoms with Gasteiger partial charge in [0.25, 0.3) is 0 Å². The van der Waals surface area contributed by atoms with Gasteiger partial charge in [0.1, 0.15) is 0 Å². The first kappa shape index (κ1) is 28.7. The maximum absolute atomic E-state index is 6.88. The normalized spacial score (nSPS) is 18.1. The van der Waals surface area contributed by atoms with Crippen LogP contribution < -0.4 is 0 Å². The van der Waals surface area contributed by atoms with Crippen LogP contribution >= 0.6 is 0 Å². The monoisotopic (exact) mass is 434 g/mol. The molecular weight excluding hydrogens is 376 g/mol. The summed E-state index contributed by atoms with van der Waals surface area (Å²) in [5.41, 5.74) is 0.0800. The lowest BCUT2D eigenvalue weighted by atomic mass is 9.76. The minimum absolute atomic E-state index is 0.0800. The zero-order valence-electron chi connectivity index (χ0n) is 21.7. The molecule has 0 heterocycles. The number of ether oxygens (including phenoxy) is 1. The van der Waals surface area contributed by atoms with Gasteiger partial charge in [0.15, 0.2) is 0 Å². The highest BCUT2D eigenvalue weighted by Gasteiger charge is 2.37. The summed E-state index contributed by atoms with van der Waals surface area (Å²) >= 11 is 0. The van der Waals surface area contributed by atoms with Crippen LogP contribution in [-0.4, -0.2) is 12.2 Å². The fraction of sp³-hybridized carbons (Fsp3) is 0.933. The average molecular weight is 435 g/mol. The van der Waals surface area contributed by atoms with Crippen LogP contribution in [0, 0.1) is 5.92 Å². The molecule has 0 aromatic rings. The van der Waals surface area contributed by atoms with E-state index in [0.717, 1.165) is 6.61 Å². The van der Waals surface area contributed by atoms with E-state index in [-0.39, 0.29) is 5.60 Å². The molecule has 1 unspecified atom stereocenters. The zero-order chi connectivity index (χ0) is 22.5. The summed E-state index contributed by atoms with van der Waals surface area (Å²) in [6.07, 6.45) is 33.7. The summed E-state index contributed by atoms with van der Waals surface area (Å²) in [6, 6.07) is 0. The third kappa shape index (κ3) is 13.8. The van der Waals surface area contributed by atoms with E-state index >= 15 is 0 Å². The molecule has 1 fully saturated rings. The van der Waals surface area contributed by atoms with Gasteiger partial charge in [-0.2, -0.15) is 0 Å². The first-order chi connectivity index (χ1) is 15.3. The second-order valence-electron chi connectivity index (χ2n) is 10.4. The van der Waals surface area contributed by atoms with Gasteiger partial charge in [-0.1, -0.05) is 142 Å². The third-order valence-corrected chi connectivity index (χ3v) is 7.67. The first-order valence-electron chi connectivity index (χ1n) is 14.6. The van der Waals surface area contributed by atoms with E-state index in [1.54, 1.807) is 0 Å². The molecule has 0 aromatic heterocycles. The van der Waals surface area contributed by atoms with Crippen molar-refractivity contribution < 1.29 is 4.74 Å². The van der Waals surface area contributed by atoms with E-state index in [0.29, 0.717) is 5.92 Å². The van der Waals surface area contributed by atoms with Gasteiger partial charge in [-0.25, -0.2) is 0 Å². The Hall–Kier alpha value is -0.300. The van der Waals surface area contributed by atoms with Crippen molar-refractivity contribution in [3.05, 3.63) is 12.7 Å². The van der Waals surface area contributed by atoms with Gasteiger partial charge in [-0.15, -0.1) is 6.58 Å². The molecule has 0 amide bonds. The van der Waals surface area contributed by atoms with Crippen molar-refractivity contribution in [3.63, 3.8) is 0 Å². The van der Waals surface area contributed by atoms with Crippen LogP contribution in [0.15, 0.2) is 12.7 Å². The Bertz CT molecular complexity index is 378. The van der Waals surface area contributed by atoms with E-state index in [4.69, 9.17) is 4.74 Å². The Morgan fingerprint density at radius 3 is 1.61 bits per heavy atom. The van der Waals surface area contributed by atoms with Gasteiger partial charge in [0.2, 0.25) is 0 Å². The minimum Gasteiger partial charge on any atom is -0.374 e. The van der Waals surface area contributed by atoms with Crippen molar-refractivity contribution in [1.29, 1.82) is 0 Å². The third-order valence-electron chi connectivity index (χ3n) is 7.67. The van der Waals surface area contributed by atoms with Crippen LogP contribution in [-0.2, 0) is 4.74 Å². The lowest BCUT2D eigenvalue weighted by Gasteiger charge is -2.40. The van der Waals surface area contributed by atoms with Gasteiger partial charge < -0.3 is 4.74 Å². The molecule has 1 atom stereocenters. The Morgan fingerprint density at radius 1 is 0.645 bits per heavy atom. The average Bonchev–Trinajstić information content (AvgIpc) is 2.90. The maximum atomic E-state index is 6.88. The molecule has 0 aromatic carbocycles. The Labute approximate surface area is 197 Å². The standard InChI is InChI=1S/C30H58O/c1-4-7-9-11-13-16-20-24-28-31-30(26-22-18-14-15-19-23-27-30)29(6-3)25-21-17-12-10-8-5-2/h6,29H,3-5,7-28H2,1-2H3. The Morgan fingerprint density at radius 2 is 1.10 bits per heavy atom. The van der Waals surface area contributed by atoms with Crippen molar-refractivity contribution in [3.8, 4) is 0 Å². The van der Waals surface area contributed by atoms with E-state index in [2.05, 4.69) is 26.5 Å². The van der Waals surface area contributed by atoms with Gasteiger partial charge in [0.05, 0.1) is 5.60 Å². The van der Waals surface area contributed by atoms with Crippen LogP contribution in [0.4, 0.5) is 0 Å². The lowest BCUT2D eigenvalue weighted by molar-refractivity contribution is -0.0918. The molecule has 1 heteroatoms. The van der Waals surface area contributed by atoms with Crippen LogP contribution in [0.2, 0.25) is 0 Å². The lowest BCUT2D eigenvalue weighted by Crippen LogP contribution is -2.40. The summed E-state index contributed by atoms with van der Waals surface area (Å²) in [6.45, 7) is 9.87. The number of hydrogen-bond acceptors (Lipinski definition) is 1. The summed E-state index contributed by atoms with van der Waals surface area (Å²) < 4.78 is 6.88. The second-order valence-corrected chi connectivity index (χ2v) is 10.4. The molecule has 0 radical (unpaired) electrons. The Balaban J connectivity index is 2.50. The van der Waals surface area contributed by atoms with Crippen molar-refractivity contribution in [1.82, 2.24) is 0 Å². The summed E-state index contributed by atoms with van der Waals surface area (Å²) in [4.78, 5) is 0. The highest BCUT2D eigenvalue weighted by Crippen LogP contribution is 2.39. The number of rotatable bonds is 19. The fourth-order valence-corrected chi connectivity index (χ4v) is 5.55. The SMILES string of the molecule is C=CC(CCCCCCCC)C1(OCCCCCCCCCC)CCCCCCCC1. The van der Waals surface area contributed by atoms with Crippen molar-refractivity contribution in [2.75, 3.05) is 6.61 Å². The Kier molecular flexibility index (Phi) is 18.8. The molecule has 1 aliphatic rings. The van der Waals surface area contributed by atoms with Crippen LogP contribution in [0.5, 0.6) is 0 Å². The van der Waals surface area contributed by atoms with Gasteiger partial charge in [-0.3, -0.25) is 0 Å². The number of unbranched alkanes of at least 4 members (excludes halogenated alkanes) is 12. The predicted octanol–water partition coefficient (Wildman–Crippen LogP) is 10.6. The molecule has 1 saturated carbocycles. The molecule has 31 heavy (non-hydrogen) atoms. The summed E-state index contributed by atoms with van der Waals surface area (Å²) in [7, 11) is 0. The molecular formula is C30H58O. The van der Waals surface area contributed by atoms with Crippen molar-refractivity contribution in [2.24, 2.45) is 5.92 Å². The number of hydrogen-bond donors (Lipinski definition) is 0. The van der Waals surface area contributed by atoms with Gasteiger partial charge in [-0.05, 0) is 25.7 Å². The van der Waals surface area contributed by atoms with Crippen molar-refractivity contribution in [2.45, 2.75) is 167 Å². The first-order valence-corrected chi connectivity index (χ1v) is 14.6. The molecule has 0 spiro atoms. The zero-order valence-corrected chi connectivity index (χ0v) is 21.7. The van der Waals surface area contributed by atoms with Crippen LogP contribution in [0.1, 0.15) is 162 Å². The predicted molar refractivity (Wildman–Crippen MR) is 140 cm³/mol. The highest BCUT2D eigenvalue weighted by atomic mass is 16.5. The van der Waals surface area contributed by atoms with E-state index in [1.807, 2.05) is 0 Å². The molecule has 1 nitrogen and oxygen atoms in total. The van der Waals surface area contributed by atoms with Crippen LogP contribution in [0.25, 0.3) is 0 Å². The topological polar surface area (TPSA) is 9.23 Å². The molecule has 0 N–H and O–H groups in total. The summed E-state index contributed by atoms with van der Waals surface area (Å²) in [5.74, 6) is 0.547. The summed E-state index contributed by atoms with van der Waals surface area (Å²) in [5, 5.41) is 0. The van der Waals surface area contributed by atoms with Gasteiger partial charge in [0, 0.05) is 12.5 Å². The van der Waals surface area contributed by atoms with E-state index in [1.165, 1.54) is 148 Å². The van der Waals surface area contributed by atoms with E-state index in [9.17, 15) is 0 Å². The molecule has 1 rings (SSSR count). The van der Waals surface area contributed by atoms with Crippen molar-refractivity contribution >= 4 is 0 Å². The fourth-order valence-electron chi connectivity index (χ4n) is 5.55. The van der Waals surface area contributed by atoms with Gasteiger partial charge >= 0.3 is 0 Å². The molecule has 0 aliphatic heterocycles. The smallest absolute Gasteiger partial charge is 0.0744 e. The molecule has 0 saturated heterocycles.